The number of ether oxygens (including phenoxy) is 2. The number of anilines is 2. The zero-order chi connectivity index (χ0) is 15.5. The number of hydrogen-bond acceptors (Lipinski definition) is 6. The second-order valence-corrected chi connectivity index (χ2v) is 5.14. The maximum absolute atomic E-state index is 11.9. The molecule has 0 unspecified atom stereocenters. The minimum absolute atomic E-state index is 0.0614. The van der Waals surface area contributed by atoms with Crippen molar-refractivity contribution in [1.82, 2.24) is 5.43 Å². The van der Waals surface area contributed by atoms with Gasteiger partial charge in [0.05, 0.1) is 13.2 Å². The average Bonchev–Trinajstić information content (AvgIpc) is 2.89. The summed E-state index contributed by atoms with van der Waals surface area (Å²) in [5, 5.41) is 0. The number of nitrogens with zero attached hydrogens (tertiary/aromatic N) is 2. The number of carbonyl (C=O) groups is 2. The number of morpholine rings is 1. The molecule has 1 aromatic carbocycles. The van der Waals surface area contributed by atoms with Gasteiger partial charge < -0.3 is 14.4 Å². The quantitative estimate of drug-likeness (QED) is 0.592. The van der Waals surface area contributed by atoms with Gasteiger partial charge in [-0.05, 0) is 24.3 Å². The zero-order valence-electron chi connectivity index (χ0n) is 12.0. The molecule has 1 aromatic rings. The average molecular weight is 306 g/mol. The van der Waals surface area contributed by atoms with Crippen molar-refractivity contribution in [3.8, 4) is 0 Å². The molecule has 1 atom stereocenters. The minimum Gasteiger partial charge on any atom is -0.443 e. The molecule has 2 heterocycles. The lowest BCUT2D eigenvalue weighted by molar-refractivity contribution is -0.125. The Labute approximate surface area is 127 Å². The first-order valence-electron chi connectivity index (χ1n) is 7.09. The molecular formula is C14H18N4O4. The van der Waals surface area contributed by atoms with E-state index in [1.807, 2.05) is 12.1 Å². The summed E-state index contributed by atoms with van der Waals surface area (Å²) >= 11 is 0. The Morgan fingerprint density at radius 2 is 1.86 bits per heavy atom. The Kier molecular flexibility index (Phi) is 4.23. The van der Waals surface area contributed by atoms with Gasteiger partial charge >= 0.3 is 6.09 Å². The van der Waals surface area contributed by atoms with E-state index in [4.69, 9.17) is 15.3 Å². The van der Waals surface area contributed by atoms with Gasteiger partial charge in [-0.25, -0.2) is 4.79 Å². The van der Waals surface area contributed by atoms with E-state index < -0.39 is 6.09 Å². The third-order valence-electron chi connectivity index (χ3n) is 3.68. The third kappa shape index (κ3) is 2.89. The molecule has 8 nitrogen and oxygen atoms in total. The first-order chi connectivity index (χ1) is 10.7. The molecule has 2 aliphatic heterocycles. The number of hydrogen-bond donors (Lipinski definition) is 2. The van der Waals surface area contributed by atoms with Gasteiger partial charge in [0, 0.05) is 24.5 Å². The number of hydrazine groups is 1. The molecule has 2 amide bonds. The number of rotatable bonds is 4. The molecule has 2 saturated heterocycles. The van der Waals surface area contributed by atoms with Gasteiger partial charge in [0.15, 0.2) is 0 Å². The van der Waals surface area contributed by atoms with E-state index in [0.717, 1.165) is 11.4 Å². The van der Waals surface area contributed by atoms with Crippen molar-refractivity contribution >= 4 is 23.4 Å². The fourth-order valence-corrected chi connectivity index (χ4v) is 2.57. The van der Waals surface area contributed by atoms with Crippen LogP contribution in [-0.4, -0.2) is 51.0 Å². The lowest BCUT2D eigenvalue weighted by Crippen LogP contribution is -2.41. The Morgan fingerprint density at radius 1 is 1.18 bits per heavy atom. The van der Waals surface area contributed by atoms with Crippen LogP contribution in [0.4, 0.5) is 16.2 Å². The fraction of sp³-hybridized carbons (Fsp3) is 0.429. The van der Waals surface area contributed by atoms with Gasteiger partial charge in [0.1, 0.15) is 12.7 Å². The highest BCUT2D eigenvalue weighted by molar-refractivity contribution is 5.95. The highest BCUT2D eigenvalue weighted by Gasteiger charge is 2.32. The molecule has 22 heavy (non-hydrogen) atoms. The molecule has 3 rings (SSSR count). The van der Waals surface area contributed by atoms with E-state index in [2.05, 4.69) is 5.43 Å². The Bertz CT molecular complexity index is 562. The van der Waals surface area contributed by atoms with Crippen molar-refractivity contribution in [2.45, 2.75) is 6.10 Å². The van der Waals surface area contributed by atoms with Gasteiger partial charge in [-0.3, -0.25) is 21.0 Å². The lowest BCUT2D eigenvalue weighted by atomic mass is 10.2. The van der Waals surface area contributed by atoms with Crippen LogP contribution >= 0.6 is 0 Å². The fourth-order valence-electron chi connectivity index (χ4n) is 2.57. The summed E-state index contributed by atoms with van der Waals surface area (Å²) in [6, 6.07) is 7.25. The SMILES string of the molecule is NNC[C@H]1CN(c2ccc(N3CCOCC3=O)cc2)C(=O)O1. The van der Waals surface area contributed by atoms with Crippen LogP contribution in [-0.2, 0) is 14.3 Å². The number of nitrogens with two attached hydrogens (primary N) is 1. The normalized spacial score (nSPS) is 22.1. The number of amides is 2. The van der Waals surface area contributed by atoms with Gasteiger partial charge in [-0.1, -0.05) is 0 Å². The predicted octanol–water partition coefficient (Wildman–Crippen LogP) is -0.162. The third-order valence-corrected chi connectivity index (χ3v) is 3.68. The van der Waals surface area contributed by atoms with Crippen LogP contribution in [0.25, 0.3) is 0 Å². The smallest absolute Gasteiger partial charge is 0.414 e. The molecule has 0 saturated carbocycles. The highest BCUT2D eigenvalue weighted by atomic mass is 16.6. The number of carbonyl (C=O) groups excluding carboxylic acids is 2. The van der Waals surface area contributed by atoms with Crippen molar-refractivity contribution < 1.29 is 19.1 Å². The van der Waals surface area contributed by atoms with Crippen LogP contribution in [0.5, 0.6) is 0 Å². The second-order valence-electron chi connectivity index (χ2n) is 5.14. The number of cyclic esters (lactones) is 1. The van der Waals surface area contributed by atoms with Crippen LogP contribution in [0.3, 0.4) is 0 Å². The van der Waals surface area contributed by atoms with Crippen LogP contribution in [0.15, 0.2) is 24.3 Å². The summed E-state index contributed by atoms with van der Waals surface area (Å²) in [7, 11) is 0. The zero-order valence-corrected chi connectivity index (χ0v) is 12.0. The topological polar surface area (TPSA) is 97.1 Å². The molecule has 2 aliphatic rings. The maximum atomic E-state index is 11.9. The molecule has 118 valence electrons. The van der Waals surface area contributed by atoms with E-state index in [1.165, 1.54) is 0 Å². The van der Waals surface area contributed by atoms with E-state index in [9.17, 15) is 9.59 Å². The van der Waals surface area contributed by atoms with Crippen molar-refractivity contribution in [1.29, 1.82) is 0 Å². The predicted molar refractivity (Wildman–Crippen MR) is 79.4 cm³/mol. The van der Waals surface area contributed by atoms with Crippen molar-refractivity contribution in [2.24, 2.45) is 5.84 Å². The Morgan fingerprint density at radius 3 is 2.50 bits per heavy atom. The monoisotopic (exact) mass is 306 g/mol. The molecule has 8 heteroatoms. The van der Waals surface area contributed by atoms with E-state index in [0.29, 0.717) is 26.2 Å². The summed E-state index contributed by atoms with van der Waals surface area (Å²) in [6.07, 6.45) is -0.659. The maximum Gasteiger partial charge on any atom is 0.414 e. The molecule has 2 fully saturated rings. The standard InChI is InChI=1S/C14H18N4O4/c15-16-7-12-8-18(14(20)22-12)11-3-1-10(2-4-11)17-5-6-21-9-13(17)19/h1-4,12,16H,5-9,15H2/t12-/m0/s1. The van der Waals surface area contributed by atoms with Gasteiger partial charge in [0.25, 0.3) is 5.91 Å². The summed E-state index contributed by atoms with van der Waals surface area (Å²) in [5.41, 5.74) is 4.03. The van der Waals surface area contributed by atoms with E-state index in [1.54, 1.807) is 21.9 Å². The minimum atomic E-state index is -0.393. The summed E-state index contributed by atoms with van der Waals surface area (Å²) in [5.74, 6) is 5.18. The van der Waals surface area contributed by atoms with Crippen molar-refractivity contribution in [2.75, 3.05) is 42.6 Å². The van der Waals surface area contributed by atoms with Crippen LogP contribution in [0.1, 0.15) is 0 Å². The molecular weight excluding hydrogens is 288 g/mol. The first kappa shape index (κ1) is 14.8. The van der Waals surface area contributed by atoms with Crippen molar-refractivity contribution in [3.05, 3.63) is 24.3 Å². The van der Waals surface area contributed by atoms with Crippen LogP contribution < -0.4 is 21.1 Å². The Hall–Kier alpha value is -2.16. The second kappa shape index (κ2) is 6.30. The van der Waals surface area contributed by atoms with Gasteiger partial charge in [0.2, 0.25) is 0 Å². The molecule has 0 bridgehead atoms. The molecule has 3 N–H and O–H groups in total. The molecule has 0 aliphatic carbocycles. The van der Waals surface area contributed by atoms with Crippen LogP contribution in [0, 0.1) is 0 Å². The first-order valence-corrected chi connectivity index (χ1v) is 7.09. The highest BCUT2D eigenvalue weighted by Crippen LogP contribution is 2.25. The van der Waals surface area contributed by atoms with Gasteiger partial charge in [-0.15, -0.1) is 0 Å². The molecule has 0 aromatic heterocycles. The lowest BCUT2D eigenvalue weighted by Gasteiger charge is -2.27. The summed E-state index contributed by atoms with van der Waals surface area (Å²) < 4.78 is 10.3. The summed E-state index contributed by atoms with van der Waals surface area (Å²) in [6.45, 7) is 2.02. The number of nitrogens with one attached hydrogen (secondary N) is 1. The largest absolute Gasteiger partial charge is 0.443 e. The van der Waals surface area contributed by atoms with Gasteiger partial charge in [-0.2, -0.15) is 0 Å². The molecule has 0 spiro atoms. The Balaban J connectivity index is 1.71. The van der Waals surface area contributed by atoms with E-state index >= 15 is 0 Å². The summed E-state index contributed by atoms with van der Waals surface area (Å²) in [4.78, 5) is 26.9. The van der Waals surface area contributed by atoms with Crippen LogP contribution in [0.2, 0.25) is 0 Å². The molecule has 0 radical (unpaired) electrons. The number of benzene rings is 1. The van der Waals surface area contributed by atoms with E-state index in [-0.39, 0.29) is 18.6 Å². The van der Waals surface area contributed by atoms with Crippen molar-refractivity contribution in [3.63, 3.8) is 0 Å².